The number of fused-ring (bicyclic) bond motifs is 1. The van der Waals surface area contributed by atoms with E-state index >= 15 is 0 Å². The number of carbonyl (C=O) groups is 1. The summed E-state index contributed by atoms with van der Waals surface area (Å²) in [6, 6.07) is 12.9. The van der Waals surface area contributed by atoms with Crippen molar-refractivity contribution in [3.63, 3.8) is 0 Å². The number of nitrogens with one attached hydrogen (secondary N) is 2. The van der Waals surface area contributed by atoms with E-state index in [2.05, 4.69) is 20.7 Å². The molecule has 1 amide bonds. The summed E-state index contributed by atoms with van der Waals surface area (Å²) in [5.74, 6) is 1.21. The molecule has 2 aromatic carbocycles. The average molecular weight is 450 g/mol. The van der Waals surface area contributed by atoms with Crippen molar-refractivity contribution >= 4 is 23.1 Å². The number of piperazine rings is 1. The molecule has 33 heavy (non-hydrogen) atoms. The number of amides is 1. The maximum atomic E-state index is 12.2. The van der Waals surface area contributed by atoms with Crippen LogP contribution in [0.1, 0.15) is 13.3 Å². The monoisotopic (exact) mass is 449 g/mol. The lowest BCUT2D eigenvalue weighted by atomic mass is 9.99. The number of aliphatic hydroxyl groups is 1. The van der Waals surface area contributed by atoms with Crippen LogP contribution in [0.2, 0.25) is 0 Å². The van der Waals surface area contributed by atoms with Crippen molar-refractivity contribution in [1.29, 1.82) is 0 Å². The van der Waals surface area contributed by atoms with Crippen molar-refractivity contribution in [3.05, 3.63) is 42.5 Å². The molecule has 9 nitrogen and oxygen atoms in total. The summed E-state index contributed by atoms with van der Waals surface area (Å²) in [4.78, 5) is 16.1. The van der Waals surface area contributed by atoms with Crippen molar-refractivity contribution in [2.75, 3.05) is 47.8 Å². The lowest BCUT2D eigenvalue weighted by Gasteiger charge is -2.27. The second-order valence-electron chi connectivity index (χ2n) is 8.34. The van der Waals surface area contributed by atoms with Crippen molar-refractivity contribution < 1.29 is 19.5 Å². The van der Waals surface area contributed by atoms with Gasteiger partial charge in [0.25, 0.3) is 0 Å². The fourth-order valence-electron chi connectivity index (χ4n) is 4.41. The summed E-state index contributed by atoms with van der Waals surface area (Å²) >= 11 is 0. The Balaban J connectivity index is 1.50. The molecule has 3 heterocycles. The van der Waals surface area contributed by atoms with Crippen molar-refractivity contribution in [3.8, 4) is 28.2 Å². The van der Waals surface area contributed by atoms with Gasteiger partial charge < -0.3 is 35.2 Å². The third kappa shape index (κ3) is 4.12. The molecule has 172 valence electrons. The Morgan fingerprint density at radius 1 is 1.09 bits per heavy atom. The maximum absolute atomic E-state index is 12.2. The number of carbonyl (C=O) groups excluding carboxylic acids is 1. The Bertz CT molecular complexity index is 1170. The van der Waals surface area contributed by atoms with Gasteiger partial charge in [-0.15, -0.1) is 0 Å². The highest BCUT2D eigenvalue weighted by atomic mass is 16.5. The zero-order valence-electron chi connectivity index (χ0n) is 18.4. The van der Waals surface area contributed by atoms with Crippen LogP contribution in [0.25, 0.3) is 22.5 Å². The minimum atomic E-state index is -0.727. The van der Waals surface area contributed by atoms with Crippen LogP contribution in [0.4, 0.5) is 17.2 Å². The van der Waals surface area contributed by atoms with E-state index in [-0.39, 0.29) is 18.1 Å². The van der Waals surface area contributed by atoms with Gasteiger partial charge in [-0.3, -0.25) is 4.79 Å². The fraction of sp³-hybridized carbons (Fsp3) is 0.333. The molecule has 2 aliphatic rings. The van der Waals surface area contributed by atoms with Gasteiger partial charge in [0.1, 0.15) is 12.0 Å². The molecular formula is C24H27N5O4. The van der Waals surface area contributed by atoms with Crippen LogP contribution in [-0.4, -0.2) is 60.2 Å². The van der Waals surface area contributed by atoms with E-state index in [1.807, 2.05) is 36.4 Å². The van der Waals surface area contributed by atoms with Crippen LogP contribution < -0.4 is 20.4 Å². The van der Waals surface area contributed by atoms with Crippen LogP contribution in [0, 0.1) is 0 Å². The number of hydrogen-bond acceptors (Lipinski definition) is 8. The molecule has 0 radical (unpaired) electrons. The summed E-state index contributed by atoms with van der Waals surface area (Å²) in [6.07, 6.45) is -0.438. The number of nitrogens with zero attached hydrogens (tertiary/aromatic N) is 3. The Hall–Kier alpha value is -3.56. The largest absolute Gasteiger partial charge is 0.507 e. The number of hydrogen-bond donors (Lipinski definition) is 4. The lowest BCUT2D eigenvalue weighted by Crippen LogP contribution is -2.43. The Morgan fingerprint density at radius 2 is 1.88 bits per heavy atom. The summed E-state index contributed by atoms with van der Waals surface area (Å²) < 4.78 is 5.57. The number of aromatic hydroxyl groups is 1. The van der Waals surface area contributed by atoms with Crippen LogP contribution in [-0.2, 0) is 4.79 Å². The van der Waals surface area contributed by atoms with Gasteiger partial charge in [0, 0.05) is 50.8 Å². The van der Waals surface area contributed by atoms with E-state index in [1.54, 1.807) is 17.9 Å². The maximum Gasteiger partial charge on any atom is 0.226 e. The van der Waals surface area contributed by atoms with E-state index < -0.39 is 6.23 Å². The van der Waals surface area contributed by atoms with Gasteiger partial charge >= 0.3 is 0 Å². The normalized spacial score (nSPS) is 17.3. The molecule has 5 rings (SSSR count). The molecule has 0 saturated carbocycles. The molecule has 1 atom stereocenters. The minimum Gasteiger partial charge on any atom is -0.507 e. The second-order valence-corrected chi connectivity index (χ2v) is 8.34. The highest BCUT2D eigenvalue weighted by Crippen LogP contribution is 2.41. The third-order valence-electron chi connectivity index (χ3n) is 6.16. The number of rotatable bonds is 4. The number of benzene rings is 2. The highest BCUT2D eigenvalue weighted by Gasteiger charge is 2.24. The molecule has 0 spiro atoms. The van der Waals surface area contributed by atoms with Gasteiger partial charge in [0.15, 0.2) is 11.6 Å². The SMILES string of the molecule is CC(O)N1CCC(=O)Nc2cc(-c3cccc(-c4cc(N5CCNCC5)no4)c3O)ccc21. The molecule has 1 saturated heterocycles. The van der Waals surface area contributed by atoms with E-state index in [4.69, 9.17) is 4.52 Å². The molecule has 1 unspecified atom stereocenters. The summed E-state index contributed by atoms with van der Waals surface area (Å²) in [5.41, 5.74) is 3.23. The first kappa shape index (κ1) is 21.3. The van der Waals surface area contributed by atoms with Crippen LogP contribution in [0.3, 0.4) is 0 Å². The predicted octanol–water partition coefficient (Wildman–Crippen LogP) is 2.61. The molecule has 3 aromatic rings. The average Bonchev–Trinajstić information content (AvgIpc) is 3.24. The molecule has 4 N–H and O–H groups in total. The molecule has 0 bridgehead atoms. The minimum absolute atomic E-state index is 0.0767. The molecular weight excluding hydrogens is 422 g/mol. The summed E-state index contributed by atoms with van der Waals surface area (Å²) in [5, 5.41) is 31.7. The predicted molar refractivity (Wildman–Crippen MR) is 126 cm³/mol. The van der Waals surface area contributed by atoms with Gasteiger partial charge in [-0.1, -0.05) is 23.4 Å². The highest BCUT2D eigenvalue weighted by molar-refractivity contribution is 5.98. The van der Waals surface area contributed by atoms with Crippen molar-refractivity contribution in [1.82, 2.24) is 10.5 Å². The van der Waals surface area contributed by atoms with Gasteiger partial charge in [-0.25, -0.2) is 0 Å². The topological polar surface area (TPSA) is 114 Å². The van der Waals surface area contributed by atoms with Crippen LogP contribution in [0.15, 0.2) is 47.0 Å². The number of phenols is 1. The fourth-order valence-corrected chi connectivity index (χ4v) is 4.41. The molecule has 9 heteroatoms. The van der Waals surface area contributed by atoms with E-state index in [0.717, 1.165) is 43.2 Å². The van der Waals surface area contributed by atoms with Gasteiger partial charge in [0.05, 0.1) is 16.9 Å². The molecule has 1 fully saturated rings. The molecule has 1 aromatic heterocycles. The van der Waals surface area contributed by atoms with E-state index in [1.165, 1.54) is 0 Å². The molecule has 0 aliphatic carbocycles. The first-order valence-corrected chi connectivity index (χ1v) is 11.1. The zero-order valence-corrected chi connectivity index (χ0v) is 18.4. The Morgan fingerprint density at radius 3 is 2.67 bits per heavy atom. The van der Waals surface area contributed by atoms with Crippen molar-refractivity contribution in [2.45, 2.75) is 19.6 Å². The van der Waals surface area contributed by atoms with Crippen molar-refractivity contribution in [2.24, 2.45) is 0 Å². The smallest absolute Gasteiger partial charge is 0.226 e. The number of aromatic nitrogens is 1. The standard InChI is InChI=1S/C24H27N5O4/c1-15(30)29-10-7-23(31)26-19-13-16(5-6-20(19)29)17-3-2-4-18(24(17)32)21-14-22(27-33-21)28-11-8-25-9-12-28/h2-6,13-15,25,30,32H,7-12H2,1H3,(H,26,31). The Kier molecular flexibility index (Phi) is 5.65. The van der Waals surface area contributed by atoms with E-state index in [0.29, 0.717) is 29.1 Å². The van der Waals surface area contributed by atoms with Crippen LogP contribution in [0.5, 0.6) is 5.75 Å². The first-order chi connectivity index (χ1) is 16.0. The third-order valence-corrected chi connectivity index (χ3v) is 6.16. The van der Waals surface area contributed by atoms with E-state index in [9.17, 15) is 15.0 Å². The molecule has 2 aliphatic heterocycles. The summed E-state index contributed by atoms with van der Waals surface area (Å²) in [7, 11) is 0. The Labute approximate surface area is 191 Å². The zero-order chi connectivity index (χ0) is 22.9. The number of aliphatic hydroxyl groups excluding tert-OH is 1. The summed E-state index contributed by atoms with van der Waals surface area (Å²) in [6.45, 7) is 5.59. The van der Waals surface area contributed by atoms with Gasteiger partial charge in [-0.2, -0.15) is 0 Å². The lowest BCUT2D eigenvalue weighted by molar-refractivity contribution is -0.116. The first-order valence-electron chi connectivity index (χ1n) is 11.1. The number of phenolic OH excluding ortho intramolecular Hbond substituents is 1. The number of anilines is 3. The second kappa shape index (κ2) is 8.76. The van der Waals surface area contributed by atoms with Crippen LogP contribution >= 0.6 is 0 Å². The quantitative estimate of drug-likeness (QED) is 0.481. The number of para-hydroxylation sites is 1. The van der Waals surface area contributed by atoms with Gasteiger partial charge in [-0.05, 0) is 30.7 Å². The van der Waals surface area contributed by atoms with Gasteiger partial charge in [0.2, 0.25) is 5.91 Å².